The summed E-state index contributed by atoms with van der Waals surface area (Å²) in [5, 5.41) is 0. The van der Waals surface area contributed by atoms with E-state index in [4.69, 9.17) is 14.0 Å². The minimum absolute atomic E-state index is 0. The number of rotatable bonds is 0. The zero-order valence-corrected chi connectivity index (χ0v) is 9.10. The van der Waals surface area contributed by atoms with Gasteiger partial charge in [0.05, 0.1) is 0 Å². The van der Waals surface area contributed by atoms with Gasteiger partial charge in [-0.25, -0.2) is 4.39 Å². The summed E-state index contributed by atoms with van der Waals surface area (Å²) in [5.41, 5.74) is 1.09. The van der Waals surface area contributed by atoms with E-state index in [0.717, 1.165) is 5.56 Å². The minimum Gasteiger partial charge on any atom is 6.00 e. The monoisotopic (exact) mass is 246 g/mol. The van der Waals surface area contributed by atoms with Crippen molar-refractivity contribution in [2.45, 2.75) is 6.92 Å². The Balaban J connectivity index is -0.0000000755. The van der Waals surface area contributed by atoms with E-state index in [1.165, 1.54) is 12.1 Å². The molecular weight excluding hydrogens is 239 g/mol. The van der Waals surface area contributed by atoms with E-state index in [1.54, 1.807) is 12.1 Å². The van der Waals surface area contributed by atoms with Crippen molar-refractivity contribution < 1.29 is 35.7 Å². The van der Waals surface area contributed by atoms with Crippen molar-refractivity contribution in [1.82, 2.24) is 0 Å². The zero-order chi connectivity index (χ0) is 12.0. The van der Waals surface area contributed by atoms with Crippen LogP contribution in [0.3, 0.4) is 0 Å². The second-order valence-corrected chi connectivity index (χ2v) is 1.80. The first-order chi connectivity index (χ1) is 6.79. The fourth-order valence-corrected chi connectivity index (χ4v) is 0.533. The van der Waals surface area contributed by atoms with Gasteiger partial charge in [0.2, 0.25) is 0 Å². The van der Waals surface area contributed by atoms with Crippen molar-refractivity contribution in [1.29, 1.82) is 0 Å². The maximum absolute atomic E-state index is 12.1. The molecule has 0 atom stereocenters. The van der Waals surface area contributed by atoms with Crippen LogP contribution in [0, 0.1) is 32.7 Å². The van der Waals surface area contributed by atoms with E-state index < -0.39 is 0 Å². The maximum atomic E-state index is 12.1. The van der Waals surface area contributed by atoms with Gasteiger partial charge in [0.25, 0.3) is 0 Å². The summed E-state index contributed by atoms with van der Waals surface area (Å²) in [6, 6.07) is 6.40. The SMILES string of the molecule is Cc1ccc(F)cc1.[C-]#[O+].[C-]#[O+].[C-]#[O+].[Cr+6]. The van der Waals surface area contributed by atoms with Crippen LogP contribution in [0.5, 0.6) is 0 Å². The van der Waals surface area contributed by atoms with Gasteiger partial charge >= 0.3 is 51.3 Å². The average molecular weight is 246 g/mol. The normalized spacial score (nSPS) is 5.33. The second-order valence-electron chi connectivity index (χ2n) is 1.80. The third kappa shape index (κ3) is 19.4. The molecular formula is C10H7CrFO3+6. The van der Waals surface area contributed by atoms with Crippen molar-refractivity contribution >= 4 is 0 Å². The quantitative estimate of drug-likeness (QED) is 0.496. The van der Waals surface area contributed by atoms with Crippen LogP contribution in [0.2, 0.25) is 0 Å². The maximum Gasteiger partial charge on any atom is 6.00 e. The minimum atomic E-state index is -0.171. The van der Waals surface area contributed by atoms with Crippen molar-refractivity contribution in [3.05, 3.63) is 55.6 Å². The zero-order valence-electron chi connectivity index (χ0n) is 7.82. The van der Waals surface area contributed by atoms with Crippen molar-refractivity contribution in [2.24, 2.45) is 0 Å². The van der Waals surface area contributed by atoms with E-state index in [0.29, 0.717) is 0 Å². The topological polar surface area (TPSA) is 59.7 Å². The summed E-state index contributed by atoms with van der Waals surface area (Å²) in [6.07, 6.45) is 0. The number of aryl methyl sites for hydroxylation is 1. The van der Waals surface area contributed by atoms with Gasteiger partial charge in [-0.05, 0) is 19.1 Å². The summed E-state index contributed by atoms with van der Waals surface area (Å²) in [5.74, 6) is -0.171. The molecule has 1 aromatic rings. The van der Waals surface area contributed by atoms with E-state index in [9.17, 15) is 4.39 Å². The van der Waals surface area contributed by atoms with E-state index in [-0.39, 0.29) is 23.2 Å². The fraction of sp³-hybridized carbons (Fsp3) is 0.100. The number of halogens is 1. The molecule has 0 aliphatic rings. The van der Waals surface area contributed by atoms with Crippen molar-refractivity contribution in [3.63, 3.8) is 0 Å². The number of hydrogen-bond donors (Lipinski definition) is 0. The Morgan fingerprint density at radius 1 is 0.867 bits per heavy atom. The third-order valence-electron chi connectivity index (χ3n) is 1.01. The first-order valence-electron chi connectivity index (χ1n) is 3.12. The van der Waals surface area contributed by atoms with E-state index >= 15 is 0 Å². The molecule has 0 fully saturated rings. The largest absolute Gasteiger partial charge is 6.00 e. The molecule has 72 valence electrons. The van der Waals surface area contributed by atoms with Gasteiger partial charge in [-0.2, -0.15) is 0 Å². The molecule has 0 aliphatic carbocycles. The Bertz CT molecular complexity index is 242. The Labute approximate surface area is 98.6 Å². The van der Waals surface area contributed by atoms with Gasteiger partial charge in [0, 0.05) is 0 Å². The molecule has 1 aromatic carbocycles. The molecule has 15 heavy (non-hydrogen) atoms. The molecule has 0 unspecified atom stereocenters. The molecule has 0 saturated carbocycles. The molecule has 0 bridgehead atoms. The molecule has 0 N–H and O–H groups in total. The molecule has 0 aliphatic heterocycles. The number of benzene rings is 1. The van der Waals surface area contributed by atoms with Gasteiger partial charge in [-0.1, -0.05) is 17.7 Å². The van der Waals surface area contributed by atoms with Crippen LogP contribution in [0.1, 0.15) is 5.56 Å². The van der Waals surface area contributed by atoms with Crippen molar-refractivity contribution in [2.75, 3.05) is 0 Å². The van der Waals surface area contributed by atoms with Gasteiger partial charge in [0.1, 0.15) is 5.82 Å². The van der Waals surface area contributed by atoms with Crippen LogP contribution in [0.25, 0.3) is 0 Å². The van der Waals surface area contributed by atoms with Crippen LogP contribution in [0.4, 0.5) is 4.39 Å². The Morgan fingerprint density at radius 2 is 1.13 bits per heavy atom. The molecule has 1 rings (SSSR count). The van der Waals surface area contributed by atoms with E-state index in [1.807, 2.05) is 6.92 Å². The first-order valence-corrected chi connectivity index (χ1v) is 3.12. The predicted molar refractivity (Wildman–Crippen MR) is 42.9 cm³/mol. The molecule has 0 heterocycles. The molecule has 0 saturated heterocycles. The molecule has 0 radical (unpaired) electrons. The predicted octanol–water partition coefficient (Wildman–Crippen LogP) is 2.02. The summed E-state index contributed by atoms with van der Waals surface area (Å²) in [6.45, 7) is 15.4. The van der Waals surface area contributed by atoms with Crippen LogP contribution in [0.15, 0.2) is 24.3 Å². The molecule has 0 spiro atoms. The number of hydrogen-bond acceptors (Lipinski definition) is 0. The molecule has 0 aromatic heterocycles. The Hall–Kier alpha value is -1.10. The Kier molecular flexibility index (Phi) is 36.3. The van der Waals surface area contributed by atoms with Crippen LogP contribution in [-0.2, 0) is 31.3 Å². The van der Waals surface area contributed by atoms with Gasteiger partial charge < -0.3 is 0 Å². The summed E-state index contributed by atoms with van der Waals surface area (Å²) in [4.78, 5) is 0. The average Bonchev–Trinajstić information content (AvgIpc) is 2.31. The molecule has 5 heteroatoms. The van der Waals surface area contributed by atoms with Crippen LogP contribution < -0.4 is 0 Å². The van der Waals surface area contributed by atoms with Gasteiger partial charge in [0.15, 0.2) is 0 Å². The summed E-state index contributed by atoms with van der Waals surface area (Å²) >= 11 is 0. The van der Waals surface area contributed by atoms with Crippen LogP contribution in [-0.4, -0.2) is 0 Å². The Morgan fingerprint density at radius 3 is 1.33 bits per heavy atom. The first kappa shape index (κ1) is 23.6. The van der Waals surface area contributed by atoms with Gasteiger partial charge in [-0.15, -0.1) is 0 Å². The third-order valence-corrected chi connectivity index (χ3v) is 1.01. The molecule has 3 nitrogen and oxygen atoms in total. The van der Waals surface area contributed by atoms with Gasteiger partial charge in [-0.3, -0.25) is 0 Å². The smallest absolute Gasteiger partial charge is 6.00 e. The van der Waals surface area contributed by atoms with Crippen molar-refractivity contribution in [3.8, 4) is 0 Å². The summed E-state index contributed by atoms with van der Waals surface area (Å²) < 4.78 is 34.6. The summed E-state index contributed by atoms with van der Waals surface area (Å²) in [7, 11) is 0. The van der Waals surface area contributed by atoms with E-state index in [2.05, 4.69) is 20.0 Å². The molecule has 0 amide bonds. The standard InChI is InChI=1S/C7H7F.3CO.Cr/c1-6-2-4-7(8)5-3-6;3*1-2;/h2-5H,1H3;;;;/q;;;;+6. The second kappa shape index (κ2) is 23.1. The fourth-order valence-electron chi connectivity index (χ4n) is 0.533. The van der Waals surface area contributed by atoms with Crippen LogP contribution >= 0.6 is 0 Å².